The Morgan fingerprint density at radius 1 is 0.982 bits per heavy atom. The number of benzene rings is 2. The van der Waals surface area contributed by atoms with Crippen molar-refractivity contribution in [3.8, 4) is 10.4 Å². The number of carbonyl (C=O) groups is 2. The Hall–Kier alpha value is -4.47. The zero-order chi connectivity index (χ0) is 39.1. The fourth-order valence-electron chi connectivity index (χ4n) is 9.37. The van der Waals surface area contributed by atoms with Gasteiger partial charge in [0, 0.05) is 64.6 Å². The second kappa shape index (κ2) is 15.8. The van der Waals surface area contributed by atoms with Crippen molar-refractivity contribution in [3.63, 3.8) is 0 Å². The van der Waals surface area contributed by atoms with Crippen LogP contribution in [-0.2, 0) is 11.2 Å². The minimum absolute atomic E-state index is 0.0563. The average molecular weight is 772 g/mol. The zero-order valence-corrected chi connectivity index (χ0v) is 34.6. The summed E-state index contributed by atoms with van der Waals surface area (Å²) in [5, 5.41) is 6.79. The van der Waals surface area contributed by atoms with Gasteiger partial charge in [0.05, 0.1) is 34.4 Å². The number of fused-ring (bicyclic) bond motifs is 4. The van der Waals surface area contributed by atoms with Crippen molar-refractivity contribution < 1.29 is 14.3 Å². The number of nitrogens with zero attached hydrogens (tertiary/aromatic N) is 3. The van der Waals surface area contributed by atoms with Crippen LogP contribution in [0.5, 0.6) is 0 Å². The monoisotopic (exact) mass is 771 g/mol. The van der Waals surface area contributed by atoms with Crippen LogP contribution in [0.4, 0.5) is 17.2 Å². The first-order valence-electron chi connectivity index (χ1n) is 20.9. The molecule has 56 heavy (non-hydrogen) atoms. The minimum atomic E-state index is -0.187. The Kier molecular flexibility index (Phi) is 10.8. The number of hydrogen-bond acceptors (Lipinski definition) is 7. The number of aromatic nitrogens is 1. The average Bonchev–Trinajstić information content (AvgIpc) is 3.70. The molecule has 0 spiro atoms. The summed E-state index contributed by atoms with van der Waals surface area (Å²) in [6, 6.07) is 18.2. The smallest absolute Gasteiger partial charge is 0.259 e. The van der Waals surface area contributed by atoms with E-state index in [1.165, 1.54) is 55.4 Å². The van der Waals surface area contributed by atoms with Crippen LogP contribution in [-0.4, -0.2) is 54.7 Å². The molecule has 4 aromatic rings. The lowest BCUT2D eigenvalue weighted by Gasteiger charge is -2.52. The number of anilines is 3. The highest BCUT2D eigenvalue weighted by Crippen LogP contribution is 2.47. The Morgan fingerprint density at radius 2 is 1.79 bits per heavy atom. The first-order chi connectivity index (χ1) is 27.1. The van der Waals surface area contributed by atoms with Crippen molar-refractivity contribution >= 4 is 46.0 Å². The van der Waals surface area contributed by atoms with Crippen molar-refractivity contribution in [2.45, 2.75) is 111 Å². The number of amides is 2. The number of hydrogen-bond donors (Lipinski definition) is 2. The summed E-state index contributed by atoms with van der Waals surface area (Å²) in [4.78, 5) is 39.4. The van der Waals surface area contributed by atoms with E-state index in [1.807, 2.05) is 48.4 Å². The number of nitrogens with one attached hydrogen (secondary N) is 2. The van der Waals surface area contributed by atoms with Crippen LogP contribution in [0, 0.1) is 25.2 Å². The van der Waals surface area contributed by atoms with Crippen molar-refractivity contribution in [1.29, 1.82) is 0 Å². The molecule has 8 rings (SSSR count). The van der Waals surface area contributed by atoms with Crippen molar-refractivity contribution in [2.24, 2.45) is 11.3 Å². The number of aryl methyl sites for hydroxylation is 2. The number of ether oxygens (including phenoxy) is 1. The Morgan fingerprint density at radius 3 is 2.54 bits per heavy atom. The van der Waals surface area contributed by atoms with Gasteiger partial charge in [-0.1, -0.05) is 58.2 Å². The molecule has 8 nitrogen and oxygen atoms in total. The first-order valence-corrected chi connectivity index (χ1v) is 21.7. The van der Waals surface area contributed by atoms with Gasteiger partial charge in [-0.3, -0.25) is 9.59 Å². The quantitative estimate of drug-likeness (QED) is 0.132. The van der Waals surface area contributed by atoms with Crippen LogP contribution in [0.25, 0.3) is 16.1 Å². The predicted octanol–water partition coefficient (Wildman–Crippen LogP) is 10.2. The van der Waals surface area contributed by atoms with E-state index in [4.69, 9.17) is 9.72 Å². The van der Waals surface area contributed by atoms with Gasteiger partial charge in [-0.15, -0.1) is 11.3 Å². The second-order valence-electron chi connectivity index (χ2n) is 17.0. The zero-order valence-electron chi connectivity index (χ0n) is 33.7. The molecule has 294 valence electrons. The third-order valence-corrected chi connectivity index (χ3v) is 13.7. The molecule has 3 aliphatic heterocycles. The lowest BCUT2D eigenvalue weighted by atomic mass is 9.72. The Balaban J connectivity index is 0.953. The molecule has 1 saturated carbocycles. The van der Waals surface area contributed by atoms with Crippen LogP contribution in [0.1, 0.15) is 114 Å². The van der Waals surface area contributed by atoms with Crippen LogP contribution < -0.4 is 20.4 Å². The van der Waals surface area contributed by atoms with Gasteiger partial charge < -0.3 is 25.2 Å². The van der Waals surface area contributed by atoms with Crippen LogP contribution >= 0.6 is 11.3 Å². The summed E-state index contributed by atoms with van der Waals surface area (Å²) in [5.74, 6) is 1.09. The summed E-state index contributed by atoms with van der Waals surface area (Å²) >= 11 is 1.75. The number of rotatable bonds is 13. The van der Waals surface area contributed by atoms with E-state index in [1.54, 1.807) is 11.3 Å². The molecule has 2 aromatic carbocycles. The molecular formula is C47H57N5O3S. The molecule has 1 aliphatic carbocycles. The summed E-state index contributed by atoms with van der Waals surface area (Å²) in [5.41, 5.74) is 8.35. The molecule has 0 bridgehead atoms. The highest BCUT2D eigenvalue weighted by Gasteiger charge is 2.54. The summed E-state index contributed by atoms with van der Waals surface area (Å²) in [7, 11) is 0. The fourth-order valence-corrected chi connectivity index (χ4v) is 10.6. The normalized spacial score (nSPS) is 21.9. The molecule has 5 heterocycles. The van der Waals surface area contributed by atoms with Crippen LogP contribution in [0.3, 0.4) is 0 Å². The number of carbonyl (C=O) groups excluding carboxylic acids is 2. The number of thiophene rings is 1. The highest BCUT2D eigenvalue weighted by atomic mass is 32.1. The number of pyridine rings is 1. The lowest BCUT2D eigenvalue weighted by Crippen LogP contribution is -2.57. The Bertz CT molecular complexity index is 2120. The maximum atomic E-state index is 14.3. The SMILES string of the molecule is C=C(NC1C2CCC(C)OC21)c1cc2c(s1)-c1ccc(C)cc1N(C(=O)c1ccc(NC(=O)c3cc(C)cnc3N3CC(CCC)(CCCCC)C3)cc1)CC2. The van der Waals surface area contributed by atoms with E-state index in [2.05, 4.69) is 74.1 Å². The van der Waals surface area contributed by atoms with E-state index in [-0.39, 0.29) is 11.8 Å². The number of unbranched alkanes of at least 4 members (excludes halogenated alkanes) is 2. The molecule has 4 unspecified atom stereocenters. The second-order valence-corrected chi connectivity index (χ2v) is 18.0. The molecule has 0 radical (unpaired) electrons. The van der Waals surface area contributed by atoms with Crippen LogP contribution in [0.2, 0.25) is 0 Å². The molecule has 9 heteroatoms. The molecule has 2 saturated heterocycles. The third kappa shape index (κ3) is 7.64. The van der Waals surface area contributed by atoms with Gasteiger partial charge >= 0.3 is 0 Å². The maximum absolute atomic E-state index is 14.3. The van der Waals surface area contributed by atoms with Gasteiger partial charge in [0.15, 0.2) is 0 Å². The molecule has 2 aromatic heterocycles. The standard InChI is InChI=1S/C47H57N5O3S/c1-7-9-10-21-47(20-8-2)27-51(28-47)44-38(23-30(4)26-48-44)45(53)50-35-15-13-33(14-16-35)46(54)52-22-19-34-25-40(56-43(34)36-17-11-29(3)24-39(36)52)32(6)49-41-37-18-12-31(5)55-42(37)41/h11,13-17,23-26,31,37,41-42,49H,6-10,12,18-22,27-28H2,1-5H3,(H,50,53). The fraction of sp³-hybridized carbons (Fsp3) is 0.468. The van der Waals surface area contributed by atoms with E-state index >= 15 is 0 Å². The van der Waals surface area contributed by atoms with E-state index < -0.39 is 0 Å². The Labute approximate surface area is 336 Å². The molecule has 3 fully saturated rings. The molecule has 4 atom stereocenters. The molecule has 4 aliphatic rings. The maximum Gasteiger partial charge on any atom is 0.259 e. The molecular weight excluding hydrogens is 715 g/mol. The predicted molar refractivity (Wildman–Crippen MR) is 230 cm³/mol. The van der Waals surface area contributed by atoms with Gasteiger partial charge in [0.1, 0.15) is 5.82 Å². The van der Waals surface area contributed by atoms with E-state index in [0.717, 1.165) is 64.7 Å². The third-order valence-electron chi connectivity index (χ3n) is 12.5. The van der Waals surface area contributed by atoms with Gasteiger partial charge in [0.2, 0.25) is 0 Å². The van der Waals surface area contributed by atoms with Gasteiger partial charge in [0.25, 0.3) is 11.8 Å². The minimum Gasteiger partial charge on any atom is -0.379 e. The highest BCUT2D eigenvalue weighted by molar-refractivity contribution is 7.16. The largest absolute Gasteiger partial charge is 0.379 e. The summed E-state index contributed by atoms with van der Waals surface area (Å²) in [6.45, 7) is 17.6. The molecule has 2 amide bonds. The van der Waals surface area contributed by atoms with Crippen molar-refractivity contribution in [2.75, 3.05) is 34.8 Å². The first kappa shape index (κ1) is 38.4. The lowest BCUT2D eigenvalue weighted by molar-refractivity contribution is 0.0121. The van der Waals surface area contributed by atoms with Gasteiger partial charge in [-0.25, -0.2) is 4.98 Å². The van der Waals surface area contributed by atoms with Crippen molar-refractivity contribution in [1.82, 2.24) is 10.3 Å². The summed E-state index contributed by atoms with van der Waals surface area (Å²) < 4.78 is 6.16. The van der Waals surface area contributed by atoms with E-state index in [9.17, 15) is 9.59 Å². The van der Waals surface area contributed by atoms with Gasteiger partial charge in [-0.2, -0.15) is 0 Å². The van der Waals surface area contributed by atoms with Crippen LogP contribution in [0.15, 0.2) is 67.4 Å². The summed E-state index contributed by atoms with van der Waals surface area (Å²) in [6.07, 6.45) is 12.9. The van der Waals surface area contributed by atoms with E-state index in [0.29, 0.717) is 52.9 Å². The van der Waals surface area contributed by atoms with Crippen molar-refractivity contribution in [3.05, 3.63) is 100 Å². The molecule has 2 N–H and O–H groups in total. The van der Waals surface area contributed by atoms with Gasteiger partial charge in [-0.05, 0) is 112 Å². The topological polar surface area (TPSA) is 86.8 Å².